The Hall–Kier alpha value is -0.660. The molecule has 0 bridgehead atoms. The SMILES string of the molecule is CCC1(C(=O)O)CCCN(S(=O)(=O)NC(C)C)C1. The molecule has 0 aromatic carbocycles. The normalized spacial score (nSPS) is 26.4. The zero-order valence-electron chi connectivity index (χ0n) is 11.1. The van der Waals surface area contributed by atoms with Crippen molar-refractivity contribution in [1.82, 2.24) is 9.03 Å². The quantitative estimate of drug-likeness (QED) is 0.779. The van der Waals surface area contributed by atoms with E-state index in [0.717, 1.165) is 0 Å². The van der Waals surface area contributed by atoms with Gasteiger partial charge in [-0.05, 0) is 33.1 Å². The van der Waals surface area contributed by atoms with Gasteiger partial charge in [-0.25, -0.2) is 0 Å². The number of nitrogens with one attached hydrogen (secondary N) is 1. The molecule has 0 aromatic heterocycles. The van der Waals surface area contributed by atoms with Crippen LogP contribution in [0.3, 0.4) is 0 Å². The van der Waals surface area contributed by atoms with E-state index in [4.69, 9.17) is 0 Å². The average Bonchev–Trinajstić information content (AvgIpc) is 2.27. The molecule has 1 aliphatic heterocycles. The molecule has 0 saturated carbocycles. The van der Waals surface area contributed by atoms with Gasteiger partial charge in [0.25, 0.3) is 10.2 Å². The van der Waals surface area contributed by atoms with Crippen LogP contribution in [0.1, 0.15) is 40.0 Å². The third-order valence-electron chi connectivity index (χ3n) is 3.40. The maximum atomic E-state index is 12.0. The molecule has 0 radical (unpaired) electrons. The summed E-state index contributed by atoms with van der Waals surface area (Å²) in [5, 5.41) is 9.31. The number of piperidine rings is 1. The summed E-state index contributed by atoms with van der Waals surface area (Å²) in [7, 11) is -3.58. The van der Waals surface area contributed by atoms with Gasteiger partial charge < -0.3 is 5.11 Å². The number of carboxylic acids is 1. The molecule has 1 atom stereocenters. The predicted octanol–water partition coefficient (Wildman–Crippen LogP) is 0.806. The fraction of sp³-hybridized carbons (Fsp3) is 0.909. The Balaban J connectivity index is 2.90. The van der Waals surface area contributed by atoms with Crippen LogP contribution >= 0.6 is 0 Å². The molecule has 1 unspecified atom stereocenters. The van der Waals surface area contributed by atoms with E-state index in [1.807, 2.05) is 0 Å². The van der Waals surface area contributed by atoms with Crippen LogP contribution in [0, 0.1) is 5.41 Å². The highest BCUT2D eigenvalue weighted by Crippen LogP contribution is 2.34. The number of hydrogen-bond acceptors (Lipinski definition) is 3. The highest BCUT2D eigenvalue weighted by atomic mass is 32.2. The van der Waals surface area contributed by atoms with Gasteiger partial charge in [0.15, 0.2) is 0 Å². The molecule has 1 heterocycles. The first-order valence-corrected chi connectivity index (χ1v) is 7.68. The summed E-state index contributed by atoms with van der Waals surface area (Å²) in [5.74, 6) is -0.908. The lowest BCUT2D eigenvalue weighted by Crippen LogP contribution is -2.53. The maximum absolute atomic E-state index is 12.0. The molecule has 1 rings (SSSR count). The van der Waals surface area contributed by atoms with Crippen molar-refractivity contribution in [2.24, 2.45) is 5.41 Å². The fourth-order valence-electron chi connectivity index (χ4n) is 2.28. The van der Waals surface area contributed by atoms with E-state index in [1.165, 1.54) is 4.31 Å². The zero-order valence-corrected chi connectivity index (χ0v) is 12.0. The molecule has 0 aromatic rings. The highest BCUT2D eigenvalue weighted by molar-refractivity contribution is 7.87. The molecular weight excluding hydrogens is 256 g/mol. The minimum atomic E-state index is -3.58. The van der Waals surface area contributed by atoms with Gasteiger partial charge >= 0.3 is 5.97 Å². The summed E-state index contributed by atoms with van der Waals surface area (Å²) < 4.78 is 27.8. The average molecular weight is 278 g/mol. The second-order valence-electron chi connectivity index (χ2n) is 5.15. The molecule has 1 saturated heterocycles. The topological polar surface area (TPSA) is 86.7 Å². The Labute approximate surface area is 109 Å². The van der Waals surface area contributed by atoms with E-state index >= 15 is 0 Å². The lowest BCUT2D eigenvalue weighted by atomic mass is 9.78. The Morgan fingerprint density at radius 3 is 2.56 bits per heavy atom. The highest BCUT2D eigenvalue weighted by Gasteiger charge is 2.43. The van der Waals surface area contributed by atoms with Gasteiger partial charge in [0.05, 0.1) is 5.41 Å². The Bertz CT molecular complexity index is 407. The number of nitrogens with zero attached hydrogens (tertiary/aromatic N) is 1. The number of hydrogen-bond donors (Lipinski definition) is 2. The van der Waals surface area contributed by atoms with E-state index in [2.05, 4.69) is 4.72 Å². The summed E-state index contributed by atoms with van der Waals surface area (Å²) in [6.07, 6.45) is 1.56. The number of carbonyl (C=O) groups is 1. The van der Waals surface area contributed by atoms with Gasteiger partial charge in [0, 0.05) is 19.1 Å². The largest absolute Gasteiger partial charge is 0.481 e. The summed E-state index contributed by atoms with van der Waals surface area (Å²) >= 11 is 0. The standard InChI is InChI=1S/C11H22N2O4S/c1-4-11(10(14)15)6-5-7-13(8-11)18(16,17)12-9(2)3/h9,12H,4-8H2,1-3H3,(H,14,15). The lowest BCUT2D eigenvalue weighted by molar-refractivity contribution is -0.151. The molecule has 7 heteroatoms. The van der Waals surface area contributed by atoms with Gasteiger partial charge in [-0.2, -0.15) is 17.4 Å². The second kappa shape index (κ2) is 5.54. The molecule has 2 N–H and O–H groups in total. The second-order valence-corrected chi connectivity index (χ2v) is 6.86. The first kappa shape index (κ1) is 15.4. The third kappa shape index (κ3) is 3.21. The molecule has 6 nitrogen and oxygen atoms in total. The van der Waals surface area contributed by atoms with Gasteiger partial charge in [-0.1, -0.05) is 6.92 Å². The minimum Gasteiger partial charge on any atom is -0.481 e. The summed E-state index contributed by atoms with van der Waals surface area (Å²) in [6.45, 7) is 5.72. The van der Waals surface area contributed by atoms with Crippen molar-refractivity contribution in [1.29, 1.82) is 0 Å². The van der Waals surface area contributed by atoms with Crippen molar-refractivity contribution in [3.63, 3.8) is 0 Å². The van der Waals surface area contributed by atoms with Crippen molar-refractivity contribution in [3.8, 4) is 0 Å². The van der Waals surface area contributed by atoms with Crippen molar-refractivity contribution in [3.05, 3.63) is 0 Å². The first-order valence-electron chi connectivity index (χ1n) is 6.24. The minimum absolute atomic E-state index is 0.0564. The molecule has 0 amide bonds. The fourth-order valence-corrected chi connectivity index (χ4v) is 3.81. The molecule has 106 valence electrons. The Morgan fingerprint density at radius 2 is 2.11 bits per heavy atom. The number of aliphatic carboxylic acids is 1. The van der Waals surface area contributed by atoms with Crippen LogP contribution in [0.5, 0.6) is 0 Å². The molecule has 0 spiro atoms. The maximum Gasteiger partial charge on any atom is 0.310 e. The van der Waals surface area contributed by atoms with Crippen LogP contribution in [-0.4, -0.2) is 42.9 Å². The Kier molecular flexibility index (Phi) is 4.74. The van der Waals surface area contributed by atoms with Crippen LogP contribution < -0.4 is 4.72 Å². The molecule has 18 heavy (non-hydrogen) atoms. The molecule has 1 aliphatic rings. The smallest absolute Gasteiger partial charge is 0.310 e. The van der Waals surface area contributed by atoms with E-state index in [9.17, 15) is 18.3 Å². The summed E-state index contributed by atoms with van der Waals surface area (Å²) in [5.41, 5.74) is -0.940. The van der Waals surface area contributed by atoms with Crippen LogP contribution in [-0.2, 0) is 15.0 Å². The van der Waals surface area contributed by atoms with Crippen molar-refractivity contribution in [2.45, 2.75) is 46.1 Å². The molecular formula is C11H22N2O4S. The van der Waals surface area contributed by atoms with Crippen LogP contribution in [0.15, 0.2) is 0 Å². The van der Waals surface area contributed by atoms with Gasteiger partial charge in [0.2, 0.25) is 0 Å². The van der Waals surface area contributed by atoms with Gasteiger partial charge in [-0.3, -0.25) is 4.79 Å². The summed E-state index contributed by atoms with van der Waals surface area (Å²) in [6, 6.07) is -0.196. The molecule has 1 fully saturated rings. The summed E-state index contributed by atoms with van der Waals surface area (Å²) in [4.78, 5) is 11.4. The Morgan fingerprint density at radius 1 is 1.50 bits per heavy atom. The predicted molar refractivity (Wildman–Crippen MR) is 68.4 cm³/mol. The number of carboxylic acid groups (broad SMARTS) is 1. The van der Waals surface area contributed by atoms with Crippen molar-refractivity contribution >= 4 is 16.2 Å². The van der Waals surface area contributed by atoms with E-state index in [-0.39, 0.29) is 12.6 Å². The van der Waals surface area contributed by atoms with Crippen LogP contribution in [0.2, 0.25) is 0 Å². The molecule has 0 aliphatic carbocycles. The lowest BCUT2D eigenvalue weighted by Gasteiger charge is -2.38. The first-order chi connectivity index (χ1) is 8.23. The van der Waals surface area contributed by atoms with Crippen LogP contribution in [0.4, 0.5) is 0 Å². The van der Waals surface area contributed by atoms with E-state index < -0.39 is 21.6 Å². The zero-order chi connectivity index (χ0) is 14.0. The van der Waals surface area contributed by atoms with Gasteiger partial charge in [0.1, 0.15) is 0 Å². The van der Waals surface area contributed by atoms with Crippen LogP contribution in [0.25, 0.3) is 0 Å². The van der Waals surface area contributed by atoms with E-state index in [1.54, 1.807) is 20.8 Å². The van der Waals surface area contributed by atoms with Crippen molar-refractivity contribution in [2.75, 3.05) is 13.1 Å². The number of rotatable bonds is 5. The van der Waals surface area contributed by atoms with E-state index in [0.29, 0.717) is 25.8 Å². The third-order valence-corrected chi connectivity index (χ3v) is 5.16. The van der Waals surface area contributed by atoms with Gasteiger partial charge in [-0.15, -0.1) is 0 Å². The monoisotopic (exact) mass is 278 g/mol. The van der Waals surface area contributed by atoms with Crippen molar-refractivity contribution < 1.29 is 18.3 Å².